The molecule has 1 aromatic carbocycles. The molecule has 4 heteroatoms. The standard InChI is InChI=1S/C11H12N3.Tl/c1-2-4-10(5-3-1)8-12-9-11-13-6-7-14-11;/h1-7,12H,8-9H2;/q-1;+1. The molecule has 0 aliphatic carbocycles. The Kier molecular flexibility index (Phi) is 3.90. The van der Waals surface area contributed by atoms with Crippen molar-refractivity contribution in [2.24, 2.45) is 0 Å². The first kappa shape index (κ1) is 10.8. The van der Waals surface area contributed by atoms with Crippen molar-refractivity contribution in [2.75, 3.05) is 0 Å². The van der Waals surface area contributed by atoms with E-state index in [1.54, 1.807) is 0 Å². The molecule has 1 heterocycles. The zero-order valence-electron chi connectivity index (χ0n) is 8.43. The third-order valence-electron chi connectivity index (χ3n) is 2.20. The molecule has 0 amide bonds. The van der Waals surface area contributed by atoms with E-state index in [-0.39, 0.29) is 0 Å². The fourth-order valence-corrected chi connectivity index (χ4v) is 2.31. The molecule has 0 saturated heterocycles. The van der Waals surface area contributed by atoms with Crippen LogP contribution in [0.1, 0.15) is 11.4 Å². The van der Waals surface area contributed by atoms with Gasteiger partial charge in [0.1, 0.15) is 0 Å². The summed E-state index contributed by atoms with van der Waals surface area (Å²) in [5, 5.41) is 3.39. The predicted molar refractivity (Wildman–Crippen MR) is 60.4 cm³/mol. The average Bonchev–Trinajstić information content (AvgIpc) is 2.66. The Morgan fingerprint density at radius 1 is 1.20 bits per heavy atom. The molecule has 0 fully saturated rings. The van der Waals surface area contributed by atoms with Crippen LogP contribution in [0, 0.1) is 0 Å². The van der Waals surface area contributed by atoms with Crippen LogP contribution in [0.4, 0.5) is 0 Å². The summed E-state index contributed by atoms with van der Waals surface area (Å²) < 4.78 is 2.19. The molecule has 0 aliphatic heterocycles. The summed E-state index contributed by atoms with van der Waals surface area (Å²) in [4.78, 5) is 4.29. The fraction of sp³-hybridized carbons (Fsp3) is 0.182. The first-order chi connectivity index (χ1) is 7.36. The summed E-state index contributed by atoms with van der Waals surface area (Å²) in [6.45, 7) is 1.75. The van der Waals surface area contributed by atoms with Crippen LogP contribution >= 0.6 is 0 Å². The van der Waals surface area contributed by atoms with Gasteiger partial charge < -0.3 is 0 Å². The molecule has 15 heavy (non-hydrogen) atoms. The van der Waals surface area contributed by atoms with Gasteiger partial charge in [-0.15, -0.1) is 0 Å². The van der Waals surface area contributed by atoms with E-state index in [1.807, 2.05) is 18.5 Å². The summed E-state index contributed by atoms with van der Waals surface area (Å²) in [6, 6.07) is 10.4. The minimum atomic E-state index is 0.797. The second kappa shape index (κ2) is 5.41. The van der Waals surface area contributed by atoms with E-state index in [9.17, 15) is 0 Å². The van der Waals surface area contributed by atoms with E-state index in [2.05, 4.69) is 36.9 Å². The quantitative estimate of drug-likeness (QED) is 0.793. The van der Waals surface area contributed by atoms with Crippen LogP contribution in [0.5, 0.6) is 0 Å². The third-order valence-corrected chi connectivity index (χ3v) is 4.03. The van der Waals surface area contributed by atoms with Crippen molar-refractivity contribution in [3.63, 3.8) is 0 Å². The van der Waals surface area contributed by atoms with Gasteiger partial charge >= 0.3 is 106 Å². The van der Waals surface area contributed by atoms with Crippen LogP contribution in [0.25, 0.3) is 0 Å². The van der Waals surface area contributed by atoms with Crippen LogP contribution in [0.2, 0.25) is 0 Å². The molecule has 74 valence electrons. The molecule has 2 rings (SSSR count). The Balaban J connectivity index is 1.83. The summed E-state index contributed by atoms with van der Waals surface area (Å²) in [5.74, 6) is 1.14. The topological polar surface area (TPSA) is 29.9 Å². The average molecular weight is 391 g/mol. The molecule has 0 saturated carbocycles. The van der Waals surface area contributed by atoms with Gasteiger partial charge in [0.25, 0.3) is 0 Å². The first-order valence-electron chi connectivity index (χ1n) is 4.88. The molecular weight excluding hydrogens is 379 g/mol. The molecule has 3 nitrogen and oxygen atoms in total. The molecular formula is C11H12N3Tl. The molecule has 0 unspecified atom stereocenters. The van der Waals surface area contributed by atoms with Gasteiger partial charge in [0.2, 0.25) is 0 Å². The van der Waals surface area contributed by atoms with Gasteiger partial charge in [-0.05, 0) is 0 Å². The van der Waals surface area contributed by atoms with Crippen LogP contribution < -0.4 is 5.32 Å². The Labute approximate surface area is 106 Å². The van der Waals surface area contributed by atoms with Gasteiger partial charge in [-0.3, -0.25) is 0 Å². The number of hydrogen-bond acceptors (Lipinski definition) is 2. The molecule has 0 radical (unpaired) electrons. The van der Waals surface area contributed by atoms with Gasteiger partial charge in [0.05, 0.1) is 0 Å². The molecule has 0 aliphatic rings. The van der Waals surface area contributed by atoms with Gasteiger partial charge in [-0.25, -0.2) is 0 Å². The number of nitrogens with zero attached hydrogens (tertiary/aromatic N) is 2. The second-order valence-corrected chi connectivity index (χ2v) is 5.50. The van der Waals surface area contributed by atoms with E-state index in [4.69, 9.17) is 0 Å². The molecule has 2 aromatic rings. The molecule has 1 N–H and O–H groups in total. The number of hydrogen-bond donors (Lipinski definition) is 1. The predicted octanol–water partition coefficient (Wildman–Crippen LogP) is 1.10. The van der Waals surface area contributed by atoms with Crippen molar-refractivity contribution in [3.05, 3.63) is 54.1 Å². The van der Waals surface area contributed by atoms with Gasteiger partial charge in [0, 0.05) is 0 Å². The number of benzene rings is 1. The Hall–Kier alpha value is -0.688. The van der Waals surface area contributed by atoms with Crippen molar-refractivity contribution < 1.29 is 0 Å². The molecule has 0 spiro atoms. The number of nitrogens with one attached hydrogen (secondary N) is 1. The van der Waals surface area contributed by atoms with Crippen molar-refractivity contribution >= 4 is 26.1 Å². The van der Waals surface area contributed by atoms with E-state index >= 15 is 0 Å². The number of aromatic nitrogens is 2. The van der Waals surface area contributed by atoms with E-state index < -0.39 is 0 Å². The summed E-state index contributed by atoms with van der Waals surface area (Å²) >= 11 is 0.797. The Morgan fingerprint density at radius 3 is 2.67 bits per heavy atom. The molecule has 1 aromatic heterocycles. The van der Waals surface area contributed by atoms with Crippen LogP contribution in [-0.2, 0) is 13.1 Å². The zero-order valence-corrected chi connectivity index (χ0v) is 12.9. The van der Waals surface area contributed by atoms with Crippen LogP contribution in [0.3, 0.4) is 0 Å². The monoisotopic (exact) mass is 391 g/mol. The Bertz CT molecular complexity index is 411. The number of imidazole rings is 1. The molecule has 0 atom stereocenters. The van der Waals surface area contributed by atoms with E-state index in [0.29, 0.717) is 0 Å². The van der Waals surface area contributed by atoms with E-state index in [1.165, 1.54) is 5.56 Å². The zero-order chi connectivity index (χ0) is 10.5. The summed E-state index contributed by atoms with van der Waals surface area (Å²) in [5.41, 5.74) is 1.31. The van der Waals surface area contributed by atoms with Crippen molar-refractivity contribution in [1.29, 1.82) is 0 Å². The first-order valence-corrected chi connectivity index (χ1v) is 6.89. The SMILES string of the molecule is [Tl][n]1ccnc1CNCc1ccccc1. The van der Waals surface area contributed by atoms with Gasteiger partial charge in [-0.1, -0.05) is 0 Å². The van der Waals surface area contributed by atoms with Crippen molar-refractivity contribution in [2.45, 2.75) is 13.1 Å². The normalized spacial score (nSPS) is 10.3. The van der Waals surface area contributed by atoms with Crippen LogP contribution in [-0.4, -0.2) is 33.4 Å². The summed E-state index contributed by atoms with van der Waals surface area (Å²) in [7, 11) is 0. The minimum absolute atomic E-state index is 0.797. The van der Waals surface area contributed by atoms with Crippen molar-refractivity contribution in [3.8, 4) is 0 Å². The third kappa shape index (κ3) is 3.13. The summed E-state index contributed by atoms with van der Waals surface area (Å²) in [6.07, 6.45) is 3.89. The van der Waals surface area contributed by atoms with E-state index in [0.717, 1.165) is 45.0 Å². The maximum absolute atomic E-state index is 4.29. The van der Waals surface area contributed by atoms with Crippen molar-refractivity contribution in [1.82, 2.24) is 12.7 Å². The van der Waals surface area contributed by atoms with Crippen LogP contribution in [0.15, 0.2) is 42.7 Å². The molecule has 0 bridgehead atoms. The van der Waals surface area contributed by atoms with Gasteiger partial charge in [0.15, 0.2) is 0 Å². The fourth-order valence-electron chi connectivity index (χ4n) is 1.40. The van der Waals surface area contributed by atoms with Gasteiger partial charge in [-0.2, -0.15) is 0 Å². The Morgan fingerprint density at radius 2 is 2.00 bits per heavy atom. The second-order valence-electron chi connectivity index (χ2n) is 3.34. The maximum atomic E-state index is 4.29. The number of rotatable bonds is 4.